The van der Waals surface area contributed by atoms with Crippen LogP contribution in [0.5, 0.6) is 0 Å². The van der Waals surface area contributed by atoms with Gasteiger partial charge in [-0.2, -0.15) is 5.26 Å². The maximum absolute atomic E-state index is 12.5. The summed E-state index contributed by atoms with van der Waals surface area (Å²) in [4.78, 5) is 33.6. The molecule has 0 aromatic carbocycles. The molecule has 2 amide bonds. The molecular weight excluding hydrogens is 380 g/mol. The number of nitriles is 1. The van der Waals surface area contributed by atoms with Crippen LogP contribution in [0.2, 0.25) is 0 Å². The molecule has 1 fully saturated rings. The van der Waals surface area contributed by atoms with Crippen molar-refractivity contribution in [1.29, 1.82) is 5.26 Å². The number of piperazine rings is 1. The Labute approximate surface area is 166 Å². The molecule has 27 heavy (non-hydrogen) atoms. The van der Waals surface area contributed by atoms with Gasteiger partial charge in [-0.1, -0.05) is 17.8 Å². The van der Waals surface area contributed by atoms with E-state index in [0.29, 0.717) is 36.8 Å². The zero-order valence-corrected chi connectivity index (χ0v) is 16.9. The topological polar surface area (TPSA) is 77.3 Å². The smallest absolute Gasteiger partial charge is 0.264 e. The Balaban J connectivity index is 1.55. The van der Waals surface area contributed by atoms with Gasteiger partial charge in [-0.15, -0.1) is 11.3 Å². The van der Waals surface area contributed by atoms with Crippen LogP contribution in [0.15, 0.2) is 28.6 Å². The zero-order valence-electron chi connectivity index (χ0n) is 15.3. The van der Waals surface area contributed by atoms with Crippen LogP contribution in [0.1, 0.15) is 26.5 Å². The third-order valence-electron chi connectivity index (χ3n) is 4.41. The Hall–Kier alpha value is -2.37. The summed E-state index contributed by atoms with van der Waals surface area (Å²) < 4.78 is 0. The van der Waals surface area contributed by atoms with Crippen molar-refractivity contribution >= 4 is 34.9 Å². The van der Waals surface area contributed by atoms with Crippen molar-refractivity contribution in [1.82, 2.24) is 14.8 Å². The highest BCUT2D eigenvalue weighted by Gasteiger charge is 2.25. The highest BCUT2D eigenvalue weighted by Crippen LogP contribution is 2.24. The average molecular weight is 401 g/mol. The van der Waals surface area contributed by atoms with Gasteiger partial charge in [-0.05, 0) is 36.9 Å². The summed E-state index contributed by atoms with van der Waals surface area (Å²) in [6.07, 6.45) is 0. The number of thiophene rings is 1. The molecule has 140 valence electrons. The van der Waals surface area contributed by atoms with Crippen molar-refractivity contribution in [2.24, 2.45) is 0 Å². The van der Waals surface area contributed by atoms with Crippen molar-refractivity contribution in [2.45, 2.75) is 18.9 Å². The Morgan fingerprint density at radius 2 is 1.96 bits per heavy atom. The van der Waals surface area contributed by atoms with Crippen LogP contribution >= 0.6 is 23.1 Å². The number of carbonyl (C=O) groups excluding carboxylic acids is 2. The predicted molar refractivity (Wildman–Crippen MR) is 106 cm³/mol. The minimum atomic E-state index is 0.00747. The number of amides is 2. The second-order valence-electron chi connectivity index (χ2n) is 6.31. The normalized spacial score (nSPS) is 14.1. The second kappa shape index (κ2) is 8.55. The molecule has 6 nitrogen and oxygen atoms in total. The summed E-state index contributed by atoms with van der Waals surface area (Å²) in [6.45, 7) is 5.90. The highest BCUT2D eigenvalue weighted by atomic mass is 32.2. The van der Waals surface area contributed by atoms with E-state index in [2.05, 4.69) is 11.1 Å². The quantitative estimate of drug-likeness (QED) is 0.738. The molecule has 2 aromatic rings. The van der Waals surface area contributed by atoms with E-state index >= 15 is 0 Å². The Kier molecular flexibility index (Phi) is 6.14. The fourth-order valence-corrected chi connectivity index (χ4v) is 4.67. The van der Waals surface area contributed by atoms with E-state index < -0.39 is 0 Å². The molecule has 3 heterocycles. The van der Waals surface area contributed by atoms with Crippen LogP contribution in [0.3, 0.4) is 0 Å². The van der Waals surface area contributed by atoms with Gasteiger partial charge >= 0.3 is 0 Å². The summed E-state index contributed by atoms with van der Waals surface area (Å²) in [5.41, 5.74) is 2.24. The van der Waals surface area contributed by atoms with Gasteiger partial charge < -0.3 is 9.80 Å². The fraction of sp³-hybridized carbons (Fsp3) is 0.368. The van der Waals surface area contributed by atoms with E-state index in [4.69, 9.17) is 0 Å². The third-order valence-corrected chi connectivity index (χ3v) is 6.23. The van der Waals surface area contributed by atoms with E-state index in [1.807, 2.05) is 37.4 Å². The number of pyridine rings is 1. The fourth-order valence-electron chi connectivity index (χ4n) is 2.98. The maximum Gasteiger partial charge on any atom is 0.264 e. The van der Waals surface area contributed by atoms with E-state index in [9.17, 15) is 14.9 Å². The Bertz CT molecular complexity index is 882. The van der Waals surface area contributed by atoms with Gasteiger partial charge in [0.25, 0.3) is 5.91 Å². The molecular formula is C19H20N4O2S2. The standard InChI is InChI=1S/C19H20N4O2S2/c1-13-10-14(2)21-18(15(13)11-20)27-12-17(24)22-5-7-23(8-6-22)19(25)16-4-3-9-26-16/h3-4,9-10H,5-8,12H2,1-2H3. The molecule has 0 saturated carbocycles. The number of hydrogen-bond acceptors (Lipinski definition) is 6. The third kappa shape index (κ3) is 4.49. The van der Waals surface area contributed by atoms with Gasteiger partial charge in [0.1, 0.15) is 11.1 Å². The minimum Gasteiger partial charge on any atom is -0.338 e. The first kappa shape index (κ1) is 19.4. The lowest BCUT2D eigenvalue weighted by Crippen LogP contribution is -2.51. The van der Waals surface area contributed by atoms with Crippen molar-refractivity contribution in [3.05, 3.63) is 45.3 Å². The monoisotopic (exact) mass is 400 g/mol. The molecule has 3 rings (SSSR count). The Morgan fingerprint density at radius 3 is 2.59 bits per heavy atom. The minimum absolute atomic E-state index is 0.00747. The van der Waals surface area contributed by atoms with E-state index in [0.717, 1.165) is 16.1 Å². The zero-order chi connectivity index (χ0) is 19.4. The number of aryl methyl sites for hydroxylation is 2. The van der Waals surface area contributed by atoms with Gasteiger partial charge in [-0.25, -0.2) is 4.98 Å². The molecule has 0 atom stereocenters. The van der Waals surface area contributed by atoms with Crippen LogP contribution in [-0.4, -0.2) is 58.5 Å². The lowest BCUT2D eigenvalue weighted by atomic mass is 10.1. The molecule has 2 aromatic heterocycles. The Morgan fingerprint density at radius 1 is 1.26 bits per heavy atom. The average Bonchev–Trinajstić information content (AvgIpc) is 3.20. The van der Waals surface area contributed by atoms with Crippen LogP contribution in [0, 0.1) is 25.2 Å². The molecule has 1 aliphatic heterocycles. The van der Waals surface area contributed by atoms with Gasteiger partial charge in [0.15, 0.2) is 0 Å². The molecule has 0 N–H and O–H groups in total. The van der Waals surface area contributed by atoms with Crippen molar-refractivity contribution < 1.29 is 9.59 Å². The van der Waals surface area contributed by atoms with E-state index in [1.54, 1.807) is 9.80 Å². The SMILES string of the molecule is Cc1cc(C)c(C#N)c(SCC(=O)N2CCN(C(=O)c3cccs3)CC2)n1. The van der Waals surface area contributed by atoms with E-state index in [-0.39, 0.29) is 17.6 Å². The van der Waals surface area contributed by atoms with Crippen molar-refractivity contribution in [3.8, 4) is 6.07 Å². The van der Waals surface area contributed by atoms with Gasteiger partial charge in [0, 0.05) is 31.9 Å². The molecule has 1 aliphatic rings. The van der Waals surface area contributed by atoms with Crippen LogP contribution in [0.25, 0.3) is 0 Å². The van der Waals surface area contributed by atoms with Gasteiger partial charge in [0.2, 0.25) is 5.91 Å². The van der Waals surface area contributed by atoms with Crippen LogP contribution in [0.4, 0.5) is 0 Å². The molecule has 0 radical (unpaired) electrons. The number of aromatic nitrogens is 1. The molecule has 8 heteroatoms. The summed E-state index contributed by atoms with van der Waals surface area (Å²) in [5.74, 6) is 0.279. The number of thioether (sulfide) groups is 1. The lowest BCUT2D eigenvalue weighted by Gasteiger charge is -2.34. The predicted octanol–water partition coefficient (Wildman–Crippen LogP) is 2.71. The molecule has 1 saturated heterocycles. The summed E-state index contributed by atoms with van der Waals surface area (Å²) in [5, 5.41) is 11.8. The van der Waals surface area contributed by atoms with Crippen LogP contribution in [-0.2, 0) is 4.79 Å². The molecule has 0 aliphatic carbocycles. The largest absolute Gasteiger partial charge is 0.338 e. The second-order valence-corrected chi connectivity index (χ2v) is 8.22. The van der Waals surface area contributed by atoms with Crippen molar-refractivity contribution in [3.63, 3.8) is 0 Å². The molecule has 0 bridgehead atoms. The first-order chi connectivity index (χ1) is 13.0. The summed E-state index contributed by atoms with van der Waals surface area (Å²) >= 11 is 2.74. The summed E-state index contributed by atoms with van der Waals surface area (Å²) in [7, 11) is 0. The maximum atomic E-state index is 12.5. The van der Waals surface area contributed by atoms with Crippen LogP contribution < -0.4 is 0 Å². The molecule has 0 unspecified atom stereocenters. The first-order valence-electron chi connectivity index (χ1n) is 8.61. The van der Waals surface area contributed by atoms with Gasteiger partial charge in [-0.3, -0.25) is 9.59 Å². The summed E-state index contributed by atoms with van der Waals surface area (Å²) in [6, 6.07) is 7.73. The number of rotatable bonds is 4. The first-order valence-corrected chi connectivity index (χ1v) is 10.5. The van der Waals surface area contributed by atoms with Gasteiger partial charge in [0.05, 0.1) is 16.2 Å². The van der Waals surface area contributed by atoms with Crippen molar-refractivity contribution in [2.75, 3.05) is 31.9 Å². The lowest BCUT2D eigenvalue weighted by molar-refractivity contribution is -0.129. The number of hydrogen-bond donors (Lipinski definition) is 0. The highest BCUT2D eigenvalue weighted by molar-refractivity contribution is 8.00. The molecule has 0 spiro atoms. The number of carbonyl (C=O) groups is 2. The van der Waals surface area contributed by atoms with E-state index in [1.165, 1.54) is 23.1 Å². The number of nitrogens with zero attached hydrogens (tertiary/aromatic N) is 4.